The van der Waals surface area contributed by atoms with Gasteiger partial charge in [0.05, 0.1) is 19.0 Å². The molecular weight excluding hydrogens is 298 g/mol. The number of thioether (sulfide) groups is 1. The lowest BCUT2D eigenvalue weighted by atomic mass is 10.1. The van der Waals surface area contributed by atoms with Gasteiger partial charge in [-0.1, -0.05) is 6.07 Å². The van der Waals surface area contributed by atoms with E-state index in [9.17, 15) is 4.79 Å². The third-order valence-electron chi connectivity index (χ3n) is 3.66. The van der Waals surface area contributed by atoms with Crippen molar-refractivity contribution < 1.29 is 14.3 Å². The molecule has 0 heterocycles. The SMILES string of the molecule is COCCOCCCNC(=O)CSc1ccc2c(c1)CCC2. The van der Waals surface area contributed by atoms with Crippen LogP contribution in [-0.2, 0) is 27.1 Å². The van der Waals surface area contributed by atoms with Crippen LogP contribution in [0.2, 0.25) is 0 Å². The topological polar surface area (TPSA) is 47.6 Å². The van der Waals surface area contributed by atoms with Crippen LogP contribution in [0.1, 0.15) is 24.0 Å². The van der Waals surface area contributed by atoms with Crippen molar-refractivity contribution >= 4 is 17.7 Å². The van der Waals surface area contributed by atoms with E-state index in [1.54, 1.807) is 18.9 Å². The molecule has 22 heavy (non-hydrogen) atoms. The van der Waals surface area contributed by atoms with E-state index >= 15 is 0 Å². The van der Waals surface area contributed by atoms with E-state index in [0.29, 0.717) is 32.1 Å². The van der Waals surface area contributed by atoms with E-state index in [4.69, 9.17) is 9.47 Å². The van der Waals surface area contributed by atoms with Crippen LogP contribution in [0.25, 0.3) is 0 Å². The van der Waals surface area contributed by atoms with Crippen molar-refractivity contribution in [1.29, 1.82) is 0 Å². The predicted molar refractivity (Wildman–Crippen MR) is 89.5 cm³/mol. The van der Waals surface area contributed by atoms with Crippen molar-refractivity contribution in [3.05, 3.63) is 29.3 Å². The zero-order valence-electron chi connectivity index (χ0n) is 13.2. The van der Waals surface area contributed by atoms with Crippen LogP contribution in [0.5, 0.6) is 0 Å². The highest BCUT2D eigenvalue weighted by molar-refractivity contribution is 8.00. The second-order valence-corrected chi connectivity index (χ2v) is 6.43. The van der Waals surface area contributed by atoms with Gasteiger partial charge in [0.2, 0.25) is 5.91 Å². The molecule has 0 aromatic heterocycles. The molecule has 122 valence electrons. The standard InChI is InChI=1S/C17H25NO3S/c1-20-10-11-21-9-3-8-18-17(19)13-22-16-7-6-14-4-2-5-15(14)12-16/h6-7,12H,2-5,8-11,13H2,1H3,(H,18,19). The van der Waals surface area contributed by atoms with Gasteiger partial charge in [-0.2, -0.15) is 0 Å². The van der Waals surface area contributed by atoms with Gasteiger partial charge in [-0.3, -0.25) is 4.79 Å². The molecule has 0 unspecified atom stereocenters. The largest absolute Gasteiger partial charge is 0.382 e. The number of hydrogen-bond donors (Lipinski definition) is 1. The first-order chi connectivity index (χ1) is 10.8. The highest BCUT2D eigenvalue weighted by atomic mass is 32.2. The first-order valence-electron chi connectivity index (χ1n) is 7.87. The van der Waals surface area contributed by atoms with Gasteiger partial charge >= 0.3 is 0 Å². The number of methoxy groups -OCH3 is 1. The predicted octanol–water partition coefficient (Wildman–Crippen LogP) is 2.44. The molecule has 0 spiro atoms. The van der Waals surface area contributed by atoms with Crippen molar-refractivity contribution in [2.75, 3.05) is 39.2 Å². The van der Waals surface area contributed by atoms with Gasteiger partial charge < -0.3 is 14.8 Å². The van der Waals surface area contributed by atoms with E-state index in [0.717, 1.165) is 6.42 Å². The number of ether oxygens (including phenoxy) is 2. The summed E-state index contributed by atoms with van der Waals surface area (Å²) in [5.41, 5.74) is 2.93. The quantitative estimate of drug-likeness (QED) is 0.531. The van der Waals surface area contributed by atoms with Crippen molar-refractivity contribution in [2.24, 2.45) is 0 Å². The molecule has 0 saturated heterocycles. The van der Waals surface area contributed by atoms with Crippen LogP contribution in [-0.4, -0.2) is 45.1 Å². The summed E-state index contributed by atoms with van der Waals surface area (Å²) >= 11 is 1.61. The summed E-state index contributed by atoms with van der Waals surface area (Å²) in [4.78, 5) is 13.0. The molecule has 5 heteroatoms. The maximum Gasteiger partial charge on any atom is 0.230 e. The monoisotopic (exact) mass is 323 g/mol. The number of benzene rings is 1. The molecule has 1 aromatic rings. The minimum Gasteiger partial charge on any atom is -0.382 e. The smallest absolute Gasteiger partial charge is 0.230 e. The van der Waals surface area contributed by atoms with Gasteiger partial charge in [0.25, 0.3) is 0 Å². The summed E-state index contributed by atoms with van der Waals surface area (Å²) in [6.45, 7) is 2.54. The molecule has 0 radical (unpaired) electrons. The molecule has 1 N–H and O–H groups in total. The Morgan fingerprint density at radius 3 is 2.95 bits per heavy atom. The molecule has 0 bridgehead atoms. The molecule has 1 aliphatic carbocycles. The second kappa shape index (κ2) is 9.87. The number of nitrogens with one attached hydrogen (secondary N) is 1. The van der Waals surface area contributed by atoms with E-state index in [1.807, 2.05) is 0 Å². The summed E-state index contributed by atoms with van der Waals surface area (Å²) in [5.74, 6) is 0.561. The Kier molecular flexibility index (Phi) is 7.77. The molecule has 1 aliphatic rings. The van der Waals surface area contributed by atoms with E-state index in [2.05, 4.69) is 23.5 Å². The van der Waals surface area contributed by atoms with E-state index < -0.39 is 0 Å². The van der Waals surface area contributed by atoms with Crippen LogP contribution in [0.15, 0.2) is 23.1 Å². The van der Waals surface area contributed by atoms with Crippen LogP contribution in [0.3, 0.4) is 0 Å². The maximum absolute atomic E-state index is 11.8. The lowest BCUT2D eigenvalue weighted by Crippen LogP contribution is -2.27. The van der Waals surface area contributed by atoms with Gasteiger partial charge in [-0.15, -0.1) is 11.8 Å². The maximum atomic E-state index is 11.8. The third kappa shape index (κ3) is 5.99. The number of fused-ring (bicyclic) bond motifs is 1. The number of hydrogen-bond acceptors (Lipinski definition) is 4. The first kappa shape index (κ1) is 17.3. The molecule has 4 nitrogen and oxygen atoms in total. The fraction of sp³-hybridized carbons (Fsp3) is 0.588. The van der Waals surface area contributed by atoms with E-state index in [1.165, 1.54) is 35.3 Å². The van der Waals surface area contributed by atoms with Crippen molar-refractivity contribution in [2.45, 2.75) is 30.6 Å². The highest BCUT2D eigenvalue weighted by Crippen LogP contribution is 2.27. The Balaban J connectivity index is 1.56. The van der Waals surface area contributed by atoms with Crippen molar-refractivity contribution in [3.8, 4) is 0 Å². The van der Waals surface area contributed by atoms with Crippen LogP contribution in [0.4, 0.5) is 0 Å². The summed E-state index contributed by atoms with van der Waals surface area (Å²) in [6, 6.07) is 6.58. The number of amides is 1. The molecule has 2 rings (SSSR count). The van der Waals surface area contributed by atoms with Crippen LogP contribution >= 0.6 is 11.8 Å². The summed E-state index contributed by atoms with van der Waals surface area (Å²) in [7, 11) is 1.66. The average Bonchev–Trinajstić information content (AvgIpc) is 2.99. The summed E-state index contributed by atoms with van der Waals surface area (Å²) in [5, 5.41) is 2.93. The fourth-order valence-corrected chi connectivity index (χ4v) is 3.27. The van der Waals surface area contributed by atoms with Gasteiger partial charge in [-0.05, 0) is 48.9 Å². The first-order valence-corrected chi connectivity index (χ1v) is 8.86. The van der Waals surface area contributed by atoms with Crippen LogP contribution in [0, 0.1) is 0 Å². The summed E-state index contributed by atoms with van der Waals surface area (Å²) in [6.07, 6.45) is 4.47. The molecule has 0 fully saturated rings. The Morgan fingerprint density at radius 1 is 1.23 bits per heavy atom. The molecule has 0 aliphatic heterocycles. The Bertz CT molecular complexity index is 479. The Hall–Kier alpha value is -1.04. The zero-order chi connectivity index (χ0) is 15.6. The lowest BCUT2D eigenvalue weighted by Gasteiger charge is -2.07. The van der Waals surface area contributed by atoms with Crippen molar-refractivity contribution in [1.82, 2.24) is 5.32 Å². The third-order valence-corrected chi connectivity index (χ3v) is 4.65. The second-order valence-electron chi connectivity index (χ2n) is 5.38. The van der Waals surface area contributed by atoms with Gasteiger partial charge in [0, 0.05) is 25.2 Å². The Labute approximate surface area is 137 Å². The number of carbonyl (C=O) groups excluding carboxylic acids is 1. The number of rotatable bonds is 10. The Morgan fingerprint density at radius 2 is 2.09 bits per heavy atom. The fourth-order valence-electron chi connectivity index (χ4n) is 2.48. The lowest BCUT2D eigenvalue weighted by molar-refractivity contribution is -0.118. The number of aryl methyl sites for hydroxylation is 2. The molecule has 0 saturated carbocycles. The molecular formula is C17H25NO3S. The normalized spacial score (nSPS) is 13.1. The van der Waals surface area contributed by atoms with Crippen LogP contribution < -0.4 is 5.32 Å². The molecule has 1 amide bonds. The minimum absolute atomic E-state index is 0.0855. The minimum atomic E-state index is 0.0855. The van der Waals surface area contributed by atoms with Gasteiger partial charge in [0.1, 0.15) is 0 Å². The van der Waals surface area contributed by atoms with E-state index in [-0.39, 0.29) is 5.91 Å². The molecule has 1 aromatic carbocycles. The van der Waals surface area contributed by atoms with Gasteiger partial charge in [0.15, 0.2) is 0 Å². The number of carbonyl (C=O) groups is 1. The molecule has 0 atom stereocenters. The zero-order valence-corrected chi connectivity index (χ0v) is 14.0. The highest BCUT2D eigenvalue weighted by Gasteiger charge is 2.11. The summed E-state index contributed by atoms with van der Waals surface area (Å²) < 4.78 is 10.2. The van der Waals surface area contributed by atoms with Crippen molar-refractivity contribution in [3.63, 3.8) is 0 Å². The average molecular weight is 323 g/mol. The van der Waals surface area contributed by atoms with Gasteiger partial charge in [-0.25, -0.2) is 0 Å².